The first-order chi connectivity index (χ1) is 11.8. The molecule has 2 aromatic carbocycles. The topological polar surface area (TPSA) is 34.1 Å². The Morgan fingerprint density at radius 2 is 1.71 bits per heavy atom. The number of para-hydroxylation sites is 1. The Balaban J connectivity index is 1.50. The van der Waals surface area contributed by atoms with Crippen molar-refractivity contribution >= 4 is 27.3 Å². The van der Waals surface area contributed by atoms with Crippen LogP contribution in [-0.2, 0) is 14.0 Å². The van der Waals surface area contributed by atoms with Gasteiger partial charge in [0, 0.05) is 11.8 Å². The summed E-state index contributed by atoms with van der Waals surface area (Å²) in [4.78, 5) is 0. The van der Waals surface area contributed by atoms with E-state index in [-0.39, 0.29) is 18.2 Å². The van der Waals surface area contributed by atoms with Gasteiger partial charge in [0.05, 0.1) is 11.6 Å². The molecule has 0 aliphatic carbocycles. The van der Waals surface area contributed by atoms with Crippen LogP contribution in [-0.4, -0.2) is 33.9 Å². The van der Waals surface area contributed by atoms with Gasteiger partial charge in [0.2, 0.25) is 0 Å². The number of hydrazone groups is 1. The summed E-state index contributed by atoms with van der Waals surface area (Å²) < 4.78 is 12.1. The van der Waals surface area contributed by atoms with Gasteiger partial charge in [-0.15, -0.1) is 0 Å². The summed E-state index contributed by atoms with van der Waals surface area (Å²) in [7, 11) is 0. The minimum atomic E-state index is -0.964. The highest BCUT2D eigenvalue weighted by Gasteiger charge is 2.44. The molecule has 1 fully saturated rings. The van der Waals surface area contributed by atoms with Gasteiger partial charge in [0.15, 0.2) is 0 Å². The van der Waals surface area contributed by atoms with Gasteiger partial charge in [-0.25, -0.2) is 5.01 Å². The molecule has 5 heteroatoms. The molecule has 2 aliphatic heterocycles. The highest BCUT2D eigenvalue weighted by Crippen LogP contribution is 2.35. The second-order valence-electron chi connectivity index (χ2n) is 6.35. The third-order valence-electron chi connectivity index (χ3n) is 4.80. The normalized spacial score (nSPS) is 25.8. The summed E-state index contributed by atoms with van der Waals surface area (Å²) in [6, 6.07) is 20.9. The first-order valence-corrected chi connectivity index (χ1v) is 9.65. The van der Waals surface area contributed by atoms with E-state index in [0.29, 0.717) is 0 Å². The van der Waals surface area contributed by atoms with Crippen molar-refractivity contribution in [2.75, 3.05) is 5.01 Å². The van der Waals surface area contributed by atoms with E-state index in [0.717, 1.165) is 24.2 Å². The first-order valence-electron chi connectivity index (χ1n) is 8.49. The largest absolute Gasteiger partial charge is 0.651 e. The molecule has 122 valence electrons. The molecule has 0 bridgehead atoms. The van der Waals surface area contributed by atoms with E-state index in [1.54, 1.807) is 0 Å². The van der Waals surface area contributed by atoms with E-state index in [4.69, 9.17) is 12.7 Å². The molecule has 0 saturated carbocycles. The van der Waals surface area contributed by atoms with Crippen LogP contribution in [0.4, 0.5) is 5.69 Å². The zero-order valence-electron chi connectivity index (χ0n) is 13.8. The molecule has 4 nitrogen and oxygen atoms in total. The van der Waals surface area contributed by atoms with Crippen LogP contribution < -0.4 is 5.01 Å². The lowest BCUT2D eigenvalue weighted by Crippen LogP contribution is -2.49. The van der Waals surface area contributed by atoms with Gasteiger partial charge in [-0.05, 0) is 37.5 Å². The highest BCUT2D eigenvalue weighted by atomic mass is 27.2. The van der Waals surface area contributed by atoms with Crippen molar-refractivity contribution in [3.63, 3.8) is 0 Å². The third kappa shape index (κ3) is 3.13. The Labute approximate surface area is 149 Å². The lowest BCUT2D eigenvalue weighted by molar-refractivity contribution is 0.00502. The van der Waals surface area contributed by atoms with Gasteiger partial charge in [0.1, 0.15) is 6.23 Å². The van der Waals surface area contributed by atoms with Crippen LogP contribution in [0.25, 0.3) is 0 Å². The molecule has 2 heterocycles. The first kappa shape index (κ1) is 15.9. The van der Waals surface area contributed by atoms with Crippen molar-refractivity contribution in [1.82, 2.24) is 0 Å². The molecule has 24 heavy (non-hydrogen) atoms. The molecule has 3 unspecified atom stereocenters. The standard InChI is InChI=1S/C19H20N2O2.Al.H/c1-14-18(17(22)13-12-15-8-4-2-5-9-15)19(23)21(20-14)16-10-6-3-7-11-16;;/h2-11,17-19H,12-13H2,1H3;;/q-2;+2;. The summed E-state index contributed by atoms with van der Waals surface area (Å²) in [6.45, 7) is 2.09. The van der Waals surface area contributed by atoms with Gasteiger partial charge >= 0.3 is 15.9 Å². The molecule has 2 aromatic rings. The smallest absolute Gasteiger partial charge is 0.478 e. The number of anilines is 1. The van der Waals surface area contributed by atoms with E-state index < -0.39 is 15.9 Å². The van der Waals surface area contributed by atoms with Gasteiger partial charge in [-0.2, -0.15) is 5.10 Å². The Kier molecular flexibility index (Phi) is 4.68. The molecule has 0 N–H and O–H groups in total. The molecular formula is C19H21AlN2O2. The second kappa shape index (κ2) is 7.08. The lowest BCUT2D eigenvalue weighted by atomic mass is 9.92. The zero-order valence-corrected chi connectivity index (χ0v) is 15.3. The summed E-state index contributed by atoms with van der Waals surface area (Å²) in [5.41, 5.74) is 3.55. The van der Waals surface area contributed by atoms with Gasteiger partial charge in [0.25, 0.3) is 0 Å². The Hall–Kier alpha value is -1.64. The average molecular weight is 336 g/mol. The van der Waals surface area contributed by atoms with E-state index in [2.05, 4.69) is 49.4 Å². The van der Waals surface area contributed by atoms with E-state index >= 15 is 0 Å². The van der Waals surface area contributed by atoms with Crippen LogP contribution >= 0.6 is 0 Å². The monoisotopic (exact) mass is 336 g/mol. The average Bonchev–Trinajstić information content (AvgIpc) is 2.99. The number of rotatable bonds is 4. The number of benzene rings is 2. The van der Waals surface area contributed by atoms with Crippen LogP contribution in [0.3, 0.4) is 0 Å². The third-order valence-corrected chi connectivity index (χ3v) is 5.84. The SMILES string of the molecule is CC1=NN(c2ccccc2)C2[O][AlH][O]C(CCc3ccccc3)C12. The maximum atomic E-state index is 6.08. The summed E-state index contributed by atoms with van der Waals surface area (Å²) >= 11 is -0.964. The number of hydrogen-bond acceptors (Lipinski definition) is 4. The minimum Gasteiger partial charge on any atom is -0.478 e. The maximum Gasteiger partial charge on any atom is 0.651 e. The van der Waals surface area contributed by atoms with Crippen LogP contribution in [0.1, 0.15) is 18.9 Å². The van der Waals surface area contributed by atoms with Crippen LogP contribution in [0, 0.1) is 5.92 Å². The van der Waals surface area contributed by atoms with E-state index in [1.807, 2.05) is 23.2 Å². The van der Waals surface area contributed by atoms with Gasteiger partial charge < -0.3 is 7.58 Å². The number of hydrogen-bond donors (Lipinski definition) is 0. The maximum absolute atomic E-state index is 6.08. The van der Waals surface area contributed by atoms with Gasteiger partial charge in [-0.3, -0.25) is 0 Å². The van der Waals surface area contributed by atoms with Crippen molar-refractivity contribution in [1.29, 1.82) is 0 Å². The summed E-state index contributed by atoms with van der Waals surface area (Å²) in [6.07, 6.45) is 2.24. The zero-order chi connectivity index (χ0) is 16.4. The Morgan fingerprint density at radius 3 is 2.46 bits per heavy atom. The van der Waals surface area contributed by atoms with E-state index in [1.165, 1.54) is 5.56 Å². The molecule has 0 amide bonds. The fourth-order valence-corrected chi connectivity index (χ4v) is 4.70. The van der Waals surface area contributed by atoms with E-state index in [9.17, 15) is 0 Å². The number of nitrogens with zero attached hydrogens (tertiary/aromatic N) is 2. The quantitative estimate of drug-likeness (QED) is 0.805. The molecule has 2 aliphatic rings. The highest BCUT2D eigenvalue weighted by molar-refractivity contribution is 6.19. The number of aryl methyl sites for hydroxylation is 1. The van der Waals surface area contributed by atoms with Crippen molar-refractivity contribution in [2.24, 2.45) is 11.0 Å². The molecule has 0 aromatic heterocycles. The molecule has 3 atom stereocenters. The van der Waals surface area contributed by atoms with Crippen molar-refractivity contribution in [3.05, 3.63) is 66.2 Å². The molecule has 0 spiro atoms. The van der Waals surface area contributed by atoms with Gasteiger partial charge in [-0.1, -0.05) is 48.5 Å². The van der Waals surface area contributed by atoms with Crippen LogP contribution in [0.15, 0.2) is 65.8 Å². The lowest BCUT2D eigenvalue weighted by Gasteiger charge is -2.38. The second-order valence-corrected chi connectivity index (χ2v) is 7.25. The molecule has 4 rings (SSSR count). The Bertz CT molecular complexity index is 708. The fraction of sp³-hybridized carbons (Fsp3) is 0.316. The fourth-order valence-electron chi connectivity index (χ4n) is 3.58. The predicted octanol–water partition coefficient (Wildman–Crippen LogP) is 3.14. The molecular weight excluding hydrogens is 315 g/mol. The van der Waals surface area contributed by atoms with Crippen molar-refractivity contribution in [3.8, 4) is 0 Å². The van der Waals surface area contributed by atoms with Crippen molar-refractivity contribution < 1.29 is 7.58 Å². The molecule has 0 radical (unpaired) electrons. The minimum absolute atomic E-state index is 0.00594. The Morgan fingerprint density at radius 1 is 1.00 bits per heavy atom. The number of fused-ring (bicyclic) bond motifs is 1. The van der Waals surface area contributed by atoms with Crippen molar-refractivity contribution in [2.45, 2.75) is 32.1 Å². The predicted molar refractivity (Wildman–Crippen MR) is 97.2 cm³/mol. The van der Waals surface area contributed by atoms with Crippen LogP contribution in [0.2, 0.25) is 0 Å². The summed E-state index contributed by atoms with van der Waals surface area (Å²) in [5, 5.41) is 6.81. The summed E-state index contributed by atoms with van der Waals surface area (Å²) in [5.74, 6) is 0.218. The van der Waals surface area contributed by atoms with Crippen LogP contribution in [0.5, 0.6) is 0 Å². The molecule has 1 saturated heterocycles.